The molecule has 2 fully saturated rings. The highest BCUT2D eigenvalue weighted by Gasteiger charge is 2.29. The molecule has 0 amide bonds. The molecule has 1 saturated heterocycles. The smallest absolute Gasteiger partial charge is 0.0587 e. The molecular weight excluding hydrogens is 248 g/mol. The minimum atomic E-state index is 0.831. The fourth-order valence-corrected chi connectivity index (χ4v) is 4.04. The molecule has 3 unspecified atom stereocenters. The van der Waals surface area contributed by atoms with Gasteiger partial charge in [-0.25, -0.2) is 0 Å². The van der Waals surface area contributed by atoms with Crippen LogP contribution in [0.1, 0.15) is 51.9 Å². The molecule has 1 aliphatic carbocycles. The molecule has 2 rings (SSSR count). The van der Waals surface area contributed by atoms with Gasteiger partial charge in [0.1, 0.15) is 0 Å². The van der Waals surface area contributed by atoms with Crippen LogP contribution in [0.25, 0.3) is 0 Å². The summed E-state index contributed by atoms with van der Waals surface area (Å²) < 4.78 is 5.10. The Morgan fingerprint density at radius 3 is 2.80 bits per heavy atom. The number of hydrogen-bond acceptors (Lipinski definition) is 3. The summed E-state index contributed by atoms with van der Waals surface area (Å²) in [6, 6.07) is 0.885. The predicted molar refractivity (Wildman–Crippen MR) is 85.1 cm³/mol. The molecule has 1 heterocycles. The van der Waals surface area contributed by atoms with E-state index in [-0.39, 0.29) is 0 Å². The first-order valence-corrected chi connectivity index (χ1v) is 8.77. The summed E-state index contributed by atoms with van der Waals surface area (Å²) in [5.74, 6) is 1.84. The molecule has 1 saturated carbocycles. The lowest BCUT2D eigenvalue weighted by Crippen LogP contribution is -2.46. The van der Waals surface area contributed by atoms with Crippen molar-refractivity contribution < 1.29 is 4.74 Å². The van der Waals surface area contributed by atoms with Crippen LogP contribution in [0.4, 0.5) is 0 Å². The van der Waals surface area contributed by atoms with Crippen molar-refractivity contribution in [3.8, 4) is 0 Å². The summed E-state index contributed by atoms with van der Waals surface area (Å²) in [5.41, 5.74) is 0. The third-order valence-corrected chi connectivity index (χ3v) is 5.32. The van der Waals surface area contributed by atoms with Gasteiger partial charge in [-0.2, -0.15) is 0 Å². The van der Waals surface area contributed by atoms with Crippen LogP contribution in [0.5, 0.6) is 0 Å². The first-order valence-electron chi connectivity index (χ1n) is 8.77. The largest absolute Gasteiger partial charge is 0.383 e. The molecule has 0 bridgehead atoms. The molecule has 0 aromatic rings. The Bertz CT molecular complexity index is 259. The monoisotopic (exact) mass is 282 g/mol. The van der Waals surface area contributed by atoms with Crippen LogP contribution in [-0.2, 0) is 4.74 Å². The van der Waals surface area contributed by atoms with Crippen molar-refractivity contribution in [3.05, 3.63) is 0 Å². The molecule has 0 radical (unpaired) electrons. The zero-order chi connectivity index (χ0) is 14.2. The molecule has 0 spiro atoms. The number of ether oxygens (including phenoxy) is 1. The van der Waals surface area contributed by atoms with E-state index in [1.165, 1.54) is 64.6 Å². The van der Waals surface area contributed by atoms with Gasteiger partial charge in [0.05, 0.1) is 6.61 Å². The molecule has 2 aliphatic rings. The van der Waals surface area contributed by atoms with E-state index >= 15 is 0 Å². The van der Waals surface area contributed by atoms with E-state index in [2.05, 4.69) is 17.1 Å². The van der Waals surface area contributed by atoms with Crippen LogP contribution in [0.2, 0.25) is 0 Å². The van der Waals surface area contributed by atoms with Crippen molar-refractivity contribution in [2.75, 3.05) is 39.9 Å². The van der Waals surface area contributed by atoms with Crippen LogP contribution in [-0.4, -0.2) is 50.8 Å². The lowest BCUT2D eigenvalue weighted by atomic mass is 9.82. The van der Waals surface area contributed by atoms with E-state index in [9.17, 15) is 0 Å². The molecule has 0 aromatic carbocycles. The van der Waals surface area contributed by atoms with E-state index in [0.29, 0.717) is 0 Å². The number of rotatable bonds is 7. The highest BCUT2D eigenvalue weighted by atomic mass is 16.5. The second-order valence-electron chi connectivity index (χ2n) is 6.79. The zero-order valence-corrected chi connectivity index (χ0v) is 13.6. The predicted octanol–water partition coefficient (Wildman–Crippen LogP) is 2.90. The zero-order valence-electron chi connectivity index (χ0n) is 13.6. The second kappa shape index (κ2) is 9.01. The molecule has 1 N–H and O–H groups in total. The van der Waals surface area contributed by atoms with Crippen LogP contribution >= 0.6 is 0 Å². The number of likely N-dealkylation sites (tertiary alicyclic amines) is 1. The standard InChI is InChI=1S/C17H34N2O/c1-3-15-6-4-8-17(12-15)19-10-5-7-16(14-19)13-18-9-11-20-2/h15-18H,3-14H2,1-2H3. The fraction of sp³-hybridized carbons (Fsp3) is 1.00. The maximum Gasteiger partial charge on any atom is 0.0587 e. The van der Waals surface area contributed by atoms with Gasteiger partial charge < -0.3 is 15.0 Å². The minimum Gasteiger partial charge on any atom is -0.383 e. The van der Waals surface area contributed by atoms with Gasteiger partial charge in [-0.15, -0.1) is 0 Å². The van der Waals surface area contributed by atoms with Crippen molar-refractivity contribution >= 4 is 0 Å². The van der Waals surface area contributed by atoms with Gasteiger partial charge >= 0.3 is 0 Å². The van der Waals surface area contributed by atoms with Gasteiger partial charge in [0.25, 0.3) is 0 Å². The Kier molecular flexibility index (Phi) is 7.32. The van der Waals surface area contributed by atoms with Crippen LogP contribution < -0.4 is 5.32 Å². The third kappa shape index (κ3) is 5.01. The van der Waals surface area contributed by atoms with Gasteiger partial charge in [0.15, 0.2) is 0 Å². The summed E-state index contributed by atoms with van der Waals surface area (Å²) >= 11 is 0. The molecule has 1 aliphatic heterocycles. The molecular formula is C17H34N2O. The van der Waals surface area contributed by atoms with Crippen molar-refractivity contribution in [2.45, 2.75) is 57.9 Å². The number of piperidine rings is 1. The summed E-state index contributed by atoms with van der Waals surface area (Å²) in [6.07, 6.45) is 10.0. The average molecular weight is 282 g/mol. The van der Waals surface area contributed by atoms with Crippen molar-refractivity contribution in [1.82, 2.24) is 10.2 Å². The quantitative estimate of drug-likeness (QED) is 0.727. The van der Waals surface area contributed by atoms with Gasteiger partial charge in [-0.3, -0.25) is 0 Å². The van der Waals surface area contributed by atoms with Gasteiger partial charge in [-0.05, 0) is 50.6 Å². The van der Waals surface area contributed by atoms with E-state index in [4.69, 9.17) is 4.74 Å². The van der Waals surface area contributed by atoms with Crippen LogP contribution in [0.3, 0.4) is 0 Å². The molecule has 3 heteroatoms. The Balaban J connectivity index is 1.72. The highest BCUT2D eigenvalue weighted by Crippen LogP contribution is 2.31. The van der Waals surface area contributed by atoms with Crippen LogP contribution in [0.15, 0.2) is 0 Å². The Labute approximate surface area is 125 Å². The first-order chi connectivity index (χ1) is 9.83. The van der Waals surface area contributed by atoms with Crippen molar-refractivity contribution in [3.63, 3.8) is 0 Å². The lowest BCUT2D eigenvalue weighted by Gasteiger charge is -2.42. The third-order valence-electron chi connectivity index (χ3n) is 5.32. The summed E-state index contributed by atoms with van der Waals surface area (Å²) in [7, 11) is 1.78. The average Bonchev–Trinajstić information content (AvgIpc) is 2.52. The number of methoxy groups -OCH3 is 1. The Morgan fingerprint density at radius 1 is 1.15 bits per heavy atom. The van der Waals surface area contributed by atoms with E-state index in [1.807, 2.05) is 0 Å². The number of nitrogens with zero attached hydrogens (tertiary/aromatic N) is 1. The Morgan fingerprint density at radius 2 is 2.00 bits per heavy atom. The molecule has 20 heavy (non-hydrogen) atoms. The maximum atomic E-state index is 5.10. The van der Waals surface area contributed by atoms with Crippen molar-refractivity contribution in [2.24, 2.45) is 11.8 Å². The summed E-state index contributed by atoms with van der Waals surface area (Å²) in [6.45, 7) is 8.03. The normalized spacial score (nSPS) is 32.4. The van der Waals surface area contributed by atoms with Gasteiger partial charge in [0, 0.05) is 26.2 Å². The fourth-order valence-electron chi connectivity index (χ4n) is 4.04. The summed E-state index contributed by atoms with van der Waals surface area (Å²) in [5, 5.41) is 3.55. The van der Waals surface area contributed by atoms with Crippen molar-refractivity contribution in [1.29, 1.82) is 0 Å². The SMILES string of the molecule is CCC1CCCC(N2CCCC(CNCCOC)C2)C1. The minimum absolute atomic E-state index is 0.831. The highest BCUT2D eigenvalue weighted by molar-refractivity contribution is 4.84. The van der Waals surface area contributed by atoms with E-state index in [1.54, 1.807) is 7.11 Å². The molecule has 3 atom stereocenters. The first kappa shape index (κ1) is 16.3. The van der Waals surface area contributed by atoms with Gasteiger partial charge in [0.2, 0.25) is 0 Å². The van der Waals surface area contributed by atoms with Gasteiger partial charge in [-0.1, -0.05) is 26.2 Å². The molecule has 118 valence electrons. The maximum absolute atomic E-state index is 5.10. The topological polar surface area (TPSA) is 24.5 Å². The lowest BCUT2D eigenvalue weighted by molar-refractivity contribution is 0.0805. The summed E-state index contributed by atoms with van der Waals surface area (Å²) in [4.78, 5) is 2.81. The molecule has 3 nitrogen and oxygen atoms in total. The molecule has 0 aromatic heterocycles. The van der Waals surface area contributed by atoms with Crippen LogP contribution in [0, 0.1) is 11.8 Å². The Hall–Kier alpha value is -0.120. The van der Waals surface area contributed by atoms with E-state index < -0.39 is 0 Å². The number of nitrogens with one attached hydrogen (secondary N) is 1. The number of hydrogen-bond donors (Lipinski definition) is 1. The van der Waals surface area contributed by atoms with E-state index in [0.717, 1.165) is 31.0 Å². The second-order valence-corrected chi connectivity index (χ2v) is 6.79.